The van der Waals surface area contributed by atoms with E-state index in [9.17, 15) is 8.42 Å². The molecule has 0 unspecified atom stereocenters. The normalized spacial score (nSPS) is 11.4. The summed E-state index contributed by atoms with van der Waals surface area (Å²) in [4.78, 5) is 0.0899. The number of sulfonamides is 1. The van der Waals surface area contributed by atoms with Crippen molar-refractivity contribution in [3.63, 3.8) is 0 Å². The van der Waals surface area contributed by atoms with Crippen molar-refractivity contribution in [3.8, 4) is 0 Å². The maximum Gasteiger partial charge on any atom is 0.265 e. The van der Waals surface area contributed by atoms with E-state index < -0.39 is 10.0 Å². The third kappa shape index (κ3) is 3.20. The van der Waals surface area contributed by atoms with E-state index in [2.05, 4.69) is 0 Å². The molecule has 0 fully saturated rings. The second-order valence-electron chi connectivity index (χ2n) is 4.47. The summed E-state index contributed by atoms with van der Waals surface area (Å²) in [6, 6.07) is 13.7. The van der Waals surface area contributed by atoms with Crippen LogP contribution >= 0.6 is 11.6 Å². The van der Waals surface area contributed by atoms with Crippen LogP contribution in [0.3, 0.4) is 0 Å². The van der Waals surface area contributed by atoms with Crippen molar-refractivity contribution >= 4 is 27.3 Å². The quantitative estimate of drug-likeness (QED) is 0.919. The lowest BCUT2D eigenvalue weighted by molar-refractivity contribution is 0.592. The molecule has 0 amide bonds. The number of benzene rings is 2. The molecule has 6 heteroatoms. The van der Waals surface area contributed by atoms with Crippen LogP contribution in [0, 0.1) is 0 Å². The Bertz CT molecular complexity index is 718. The van der Waals surface area contributed by atoms with Gasteiger partial charge < -0.3 is 5.73 Å². The zero-order valence-electron chi connectivity index (χ0n) is 11.7. The molecule has 0 aliphatic carbocycles. The minimum absolute atomic E-state index is 0.0899. The minimum atomic E-state index is -3.70. The molecule has 2 rings (SSSR count). The maximum absolute atomic E-state index is 12.8. The molecular formula is C15H17ClN2O2S. The van der Waals surface area contributed by atoms with Gasteiger partial charge in [0.05, 0.1) is 10.7 Å². The van der Waals surface area contributed by atoms with Gasteiger partial charge in [-0.2, -0.15) is 0 Å². The van der Waals surface area contributed by atoms with E-state index in [1.165, 1.54) is 10.4 Å². The van der Waals surface area contributed by atoms with Gasteiger partial charge >= 0.3 is 0 Å². The van der Waals surface area contributed by atoms with Crippen molar-refractivity contribution in [2.75, 3.05) is 10.8 Å². The Labute approximate surface area is 130 Å². The monoisotopic (exact) mass is 324 g/mol. The van der Waals surface area contributed by atoms with Gasteiger partial charge in [-0.25, -0.2) is 8.42 Å². The highest BCUT2D eigenvalue weighted by molar-refractivity contribution is 7.93. The van der Waals surface area contributed by atoms with Crippen LogP contribution in [-0.2, 0) is 16.6 Å². The second-order valence-corrected chi connectivity index (χ2v) is 6.71. The van der Waals surface area contributed by atoms with E-state index in [4.69, 9.17) is 17.3 Å². The third-order valence-electron chi connectivity index (χ3n) is 3.13. The highest BCUT2D eigenvalue weighted by Crippen LogP contribution is 2.28. The zero-order valence-corrected chi connectivity index (χ0v) is 13.2. The average molecular weight is 325 g/mol. The first-order valence-electron chi connectivity index (χ1n) is 6.57. The number of nitrogens with zero attached hydrogens (tertiary/aromatic N) is 1. The first-order valence-corrected chi connectivity index (χ1v) is 8.38. The third-order valence-corrected chi connectivity index (χ3v) is 5.52. The molecule has 0 aliphatic rings. The lowest BCUT2D eigenvalue weighted by Gasteiger charge is -2.23. The number of halogens is 1. The molecule has 112 valence electrons. The fourth-order valence-electron chi connectivity index (χ4n) is 2.08. The summed E-state index contributed by atoms with van der Waals surface area (Å²) in [5.74, 6) is 0. The van der Waals surface area contributed by atoms with Crippen molar-refractivity contribution in [1.29, 1.82) is 0 Å². The number of para-hydroxylation sites is 1. The van der Waals surface area contributed by atoms with Crippen LogP contribution in [0.15, 0.2) is 53.4 Å². The zero-order chi connectivity index (χ0) is 15.5. The Morgan fingerprint density at radius 1 is 1.14 bits per heavy atom. The van der Waals surface area contributed by atoms with E-state index in [1.54, 1.807) is 43.3 Å². The standard InChI is InChI=1S/C15H17ClN2O2S/c1-2-18(13-6-4-3-5-7-13)21(19,20)15-9-8-12(11-17)10-14(15)16/h3-10H,2,11,17H2,1H3. The number of anilines is 1. The van der Waals surface area contributed by atoms with Crippen LogP contribution in [0.25, 0.3) is 0 Å². The Hall–Kier alpha value is -1.56. The summed E-state index contributed by atoms with van der Waals surface area (Å²) in [5, 5.41) is 0.187. The van der Waals surface area contributed by atoms with E-state index in [0.29, 0.717) is 18.8 Å². The summed E-state index contributed by atoms with van der Waals surface area (Å²) in [7, 11) is -3.70. The van der Waals surface area contributed by atoms with Crippen LogP contribution in [0.5, 0.6) is 0 Å². The molecule has 0 saturated heterocycles. The minimum Gasteiger partial charge on any atom is -0.326 e. The van der Waals surface area contributed by atoms with Crippen molar-refractivity contribution in [3.05, 3.63) is 59.1 Å². The molecule has 2 aromatic rings. The lowest BCUT2D eigenvalue weighted by Crippen LogP contribution is -2.31. The highest BCUT2D eigenvalue weighted by atomic mass is 35.5. The predicted octanol–water partition coefficient (Wildman–Crippen LogP) is 3.01. The van der Waals surface area contributed by atoms with Gasteiger partial charge in [0.25, 0.3) is 10.0 Å². The van der Waals surface area contributed by atoms with Crippen molar-refractivity contribution in [2.45, 2.75) is 18.4 Å². The van der Waals surface area contributed by atoms with Gasteiger partial charge in [0.1, 0.15) is 4.90 Å². The van der Waals surface area contributed by atoms with Crippen LogP contribution in [0.1, 0.15) is 12.5 Å². The molecule has 4 nitrogen and oxygen atoms in total. The van der Waals surface area contributed by atoms with E-state index >= 15 is 0 Å². The maximum atomic E-state index is 12.8. The summed E-state index contributed by atoms with van der Waals surface area (Å²) in [5.41, 5.74) is 6.94. The number of hydrogen-bond donors (Lipinski definition) is 1. The molecule has 0 radical (unpaired) electrons. The molecule has 0 bridgehead atoms. The summed E-state index contributed by atoms with van der Waals surface area (Å²) < 4.78 is 26.9. The summed E-state index contributed by atoms with van der Waals surface area (Å²) in [6.07, 6.45) is 0. The Morgan fingerprint density at radius 2 is 1.81 bits per heavy atom. The summed E-state index contributed by atoms with van der Waals surface area (Å²) in [6.45, 7) is 2.42. The number of rotatable bonds is 5. The molecule has 2 aromatic carbocycles. The highest BCUT2D eigenvalue weighted by Gasteiger charge is 2.25. The van der Waals surface area contributed by atoms with E-state index in [-0.39, 0.29) is 9.92 Å². The first kappa shape index (κ1) is 15.8. The molecule has 0 aromatic heterocycles. The fraction of sp³-hybridized carbons (Fsp3) is 0.200. The first-order chi connectivity index (χ1) is 10.0. The van der Waals surface area contributed by atoms with Gasteiger partial charge in [-0.15, -0.1) is 0 Å². The van der Waals surface area contributed by atoms with Crippen molar-refractivity contribution in [2.24, 2.45) is 5.73 Å². The van der Waals surface area contributed by atoms with Gasteiger partial charge in [-0.3, -0.25) is 4.31 Å². The second kappa shape index (κ2) is 6.47. The molecule has 21 heavy (non-hydrogen) atoms. The van der Waals surface area contributed by atoms with E-state index in [0.717, 1.165) is 5.56 Å². The Morgan fingerprint density at radius 3 is 2.33 bits per heavy atom. The van der Waals surface area contributed by atoms with E-state index in [1.807, 2.05) is 6.07 Å². The number of nitrogens with two attached hydrogens (primary N) is 1. The molecule has 0 aliphatic heterocycles. The molecule has 0 saturated carbocycles. The van der Waals surface area contributed by atoms with Crippen LogP contribution in [-0.4, -0.2) is 15.0 Å². The molecule has 0 atom stereocenters. The fourth-order valence-corrected chi connectivity index (χ4v) is 4.10. The van der Waals surface area contributed by atoms with Gasteiger partial charge in [0.2, 0.25) is 0 Å². The van der Waals surface area contributed by atoms with Crippen LogP contribution in [0.4, 0.5) is 5.69 Å². The van der Waals surface area contributed by atoms with Gasteiger partial charge in [-0.1, -0.05) is 35.9 Å². The van der Waals surface area contributed by atoms with Gasteiger partial charge in [-0.05, 0) is 36.8 Å². The molecule has 0 spiro atoms. The SMILES string of the molecule is CCN(c1ccccc1)S(=O)(=O)c1ccc(CN)cc1Cl. The van der Waals surface area contributed by atoms with Crippen LogP contribution < -0.4 is 10.0 Å². The topological polar surface area (TPSA) is 63.4 Å². The van der Waals surface area contributed by atoms with Gasteiger partial charge in [0.15, 0.2) is 0 Å². The van der Waals surface area contributed by atoms with Crippen molar-refractivity contribution in [1.82, 2.24) is 0 Å². The molecular weight excluding hydrogens is 308 g/mol. The molecule has 2 N–H and O–H groups in total. The predicted molar refractivity (Wildman–Crippen MR) is 86.0 cm³/mol. The average Bonchev–Trinajstić information content (AvgIpc) is 2.48. The largest absolute Gasteiger partial charge is 0.326 e. The Kier molecular flexibility index (Phi) is 4.88. The summed E-state index contributed by atoms with van der Waals surface area (Å²) >= 11 is 6.12. The van der Waals surface area contributed by atoms with Crippen molar-refractivity contribution < 1.29 is 8.42 Å². The van der Waals surface area contributed by atoms with Gasteiger partial charge in [0, 0.05) is 13.1 Å². The molecule has 0 heterocycles. The lowest BCUT2D eigenvalue weighted by atomic mass is 10.2. The Balaban J connectivity index is 2.50. The number of hydrogen-bond acceptors (Lipinski definition) is 3. The van der Waals surface area contributed by atoms with Crippen LogP contribution in [0.2, 0.25) is 5.02 Å². The smallest absolute Gasteiger partial charge is 0.265 e.